The molecule has 1 aliphatic rings. The summed E-state index contributed by atoms with van der Waals surface area (Å²) in [5, 5.41) is 2.57. The van der Waals surface area contributed by atoms with E-state index in [9.17, 15) is 9.18 Å². The highest BCUT2D eigenvalue weighted by Crippen LogP contribution is 2.15. The lowest BCUT2D eigenvalue weighted by Gasteiger charge is -1.97. The van der Waals surface area contributed by atoms with E-state index in [1.165, 1.54) is 6.07 Å². The molecule has 0 spiro atoms. The number of hydrogen-bond donors (Lipinski definition) is 1. The molecule has 12 heavy (non-hydrogen) atoms. The zero-order valence-electron chi connectivity index (χ0n) is 6.52. The lowest BCUT2D eigenvalue weighted by atomic mass is 10.2. The summed E-state index contributed by atoms with van der Waals surface area (Å²) in [6, 6.07) is 1.24. The number of nitrogens with zero attached hydrogens (tertiary/aromatic N) is 1. The van der Waals surface area contributed by atoms with Crippen LogP contribution in [0.2, 0.25) is 0 Å². The van der Waals surface area contributed by atoms with Crippen LogP contribution >= 0.6 is 0 Å². The Bertz CT molecular complexity index is 362. The summed E-state index contributed by atoms with van der Waals surface area (Å²) < 4.78 is 12.9. The molecule has 0 saturated heterocycles. The Hall–Kier alpha value is -1.45. The molecule has 0 aliphatic carbocycles. The van der Waals surface area contributed by atoms with Crippen LogP contribution in [0.4, 0.5) is 4.39 Å². The van der Waals surface area contributed by atoms with Crippen LogP contribution in [0.1, 0.15) is 21.7 Å². The van der Waals surface area contributed by atoms with Crippen molar-refractivity contribution in [1.29, 1.82) is 0 Å². The molecule has 0 fully saturated rings. The third-order valence-electron chi connectivity index (χ3n) is 1.89. The number of rotatable bonds is 0. The van der Waals surface area contributed by atoms with Crippen molar-refractivity contribution < 1.29 is 9.18 Å². The first-order valence-corrected chi connectivity index (χ1v) is 3.62. The normalized spacial score (nSPS) is 14.3. The molecule has 0 unspecified atom stereocenters. The van der Waals surface area contributed by atoms with Gasteiger partial charge < -0.3 is 5.32 Å². The maximum Gasteiger partial charge on any atom is 0.253 e. The topological polar surface area (TPSA) is 42.0 Å². The van der Waals surface area contributed by atoms with E-state index in [4.69, 9.17) is 0 Å². The van der Waals surface area contributed by atoms with Gasteiger partial charge in [-0.25, -0.2) is 4.39 Å². The molecule has 0 bridgehead atoms. The number of carbonyl (C=O) groups excluding carboxylic acids is 1. The average molecular weight is 166 g/mol. The van der Waals surface area contributed by atoms with Crippen molar-refractivity contribution >= 4 is 5.91 Å². The maximum absolute atomic E-state index is 12.9. The molecule has 3 nitrogen and oxygen atoms in total. The van der Waals surface area contributed by atoms with Gasteiger partial charge in [0.1, 0.15) is 5.82 Å². The van der Waals surface area contributed by atoms with Gasteiger partial charge in [-0.1, -0.05) is 0 Å². The van der Waals surface area contributed by atoms with E-state index >= 15 is 0 Å². The lowest BCUT2D eigenvalue weighted by Crippen LogP contribution is -2.12. The van der Waals surface area contributed by atoms with Crippen LogP contribution in [0.5, 0.6) is 0 Å². The second-order valence-electron chi connectivity index (χ2n) is 2.73. The average Bonchev–Trinajstić information content (AvgIpc) is 2.35. The van der Waals surface area contributed by atoms with Gasteiger partial charge in [0.2, 0.25) is 0 Å². The summed E-state index contributed by atoms with van der Waals surface area (Å²) in [6.45, 7) is 1.99. The van der Waals surface area contributed by atoms with Gasteiger partial charge in [-0.15, -0.1) is 0 Å². The Morgan fingerprint density at radius 2 is 2.42 bits per heavy atom. The first-order valence-electron chi connectivity index (χ1n) is 3.62. The van der Waals surface area contributed by atoms with Gasteiger partial charge in [0.05, 0.1) is 23.5 Å². The van der Waals surface area contributed by atoms with Crippen LogP contribution in [0.3, 0.4) is 0 Å². The number of aryl methyl sites for hydroxylation is 1. The molecule has 1 amide bonds. The van der Waals surface area contributed by atoms with E-state index in [-0.39, 0.29) is 5.91 Å². The van der Waals surface area contributed by atoms with Crippen LogP contribution in [-0.2, 0) is 6.54 Å². The summed E-state index contributed by atoms with van der Waals surface area (Å²) >= 11 is 0. The van der Waals surface area contributed by atoms with Crippen LogP contribution in [0, 0.1) is 12.7 Å². The third kappa shape index (κ3) is 0.879. The minimum Gasteiger partial charge on any atom is -0.346 e. The smallest absolute Gasteiger partial charge is 0.253 e. The largest absolute Gasteiger partial charge is 0.346 e. The van der Waals surface area contributed by atoms with Crippen molar-refractivity contribution in [3.8, 4) is 0 Å². The zero-order valence-corrected chi connectivity index (χ0v) is 6.52. The van der Waals surface area contributed by atoms with Crippen LogP contribution in [-0.4, -0.2) is 10.9 Å². The molecule has 1 aliphatic heterocycles. The fourth-order valence-corrected chi connectivity index (χ4v) is 1.22. The molecule has 2 heterocycles. The SMILES string of the molecule is Cc1nc2c(cc1F)C(=O)NC2. The van der Waals surface area contributed by atoms with E-state index in [0.29, 0.717) is 23.5 Å². The highest BCUT2D eigenvalue weighted by molar-refractivity contribution is 5.97. The van der Waals surface area contributed by atoms with E-state index < -0.39 is 5.82 Å². The number of carbonyl (C=O) groups is 1. The zero-order chi connectivity index (χ0) is 8.72. The fourth-order valence-electron chi connectivity index (χ4n) is 1.22. The summed E-state index contributed by atoms with van der Waals surface area (Å²) in [4.78, 5) is 15.0. The van der Waals surface area contributed by atoms with Crippen molar-refractivity contribution in [2.75, 3.05) is 0 Å². The molecule has 0 atom stereocenters. The molecule has 4 heteroatoms. The Morgan fingerprint density at radius 1 is 1.67 bits per heavy atom. The Balaban J connectivity index is 2.63. The predicted molar refractivity (Wildman–Crippen MR) is 40.1 cm³/mol. The molecule has 0 radical (unpaired) electrons. The van der Waals surface area contributed by atoms with Crippen molar-refractivity contribution in [2.24, 2.45) is 0 Å². The maximum atomic E-state index is 12.9. The van der Waals surface area contributed by atoms with Gasteiger partial charge in [0.25, 0.3) is 5.91 Å². The predicted octanol–water partition coefficient (Wildman–Crippen LogP) is 0.773. The van der Waals surface area contributed by atoms with Crippen LogP contribution in [0.15, 0.2) is 6.07 Å². The third-order valence-corrected chi connectivity index (χ3v) is 1.89. The van der Waals surface area contributed by atoms with Gasteiger partial charge in [-0.05, 0) is 13.0 Å². The van der Waals surface area contributed by atoms with E-state index in [1.54, 1.807) is 6.92 Å². The molecule has 1 aromatic heterocycles. The Morgan fingerprint density at radius 3 is 3.17 bits per heavy atom. The highest BCUT2D eigenvalue weighted by atomic mass is 19.1. The van der Waals surface area contributed by atoms with Crippen LogP contribution < -0.4 is 5.32 Å². The second kappa shape index (κ2) is 2.27. The van der Waals surface area contributed by atoms with Crippen molar-refractivity contribution in [3.63, 3.8) is 0 Å². The number of nitrogens with one attached hydrogen (secondary N) is 1. The molecular formula is C8H7FN2O. The number of pyridine rings is 1. The van der Waals surface area contributed by atoms with Gasteiger partial charge in [0.15, 0.2) is 0 Å². The summed E-state index contributed by atoms with van der Waals surface area (Å²) in [6.07, 6.45) is 0. The monoisotopic (exact) mass is 166 g/mol. The molecular weight excluding hydrogens is 159 g/mol. The minimum atomic E-state index is -0.425. The Labute approximate surface area is 68.6 Å². The van der Waals surface area contributed by atoms with Gasteiger partial charge in [0, 0.05) is 0 Å². The standard InChI is InChI=1S/C8H7FN2O/c1-4-6(9)2-5-7(11-4)3-10-8(5)12/h2H,3H2,1H3,(H,10,12). The van der Waals surface area contributed by atoms with Crippen LogP contribution in [0.25, 0.3) is 0 Å². The van der Waals surface area contributed by atoms with Crippen molar-refractivity contribution in [1.82, 2.24) is 10.3 Å². The number of fused-ring (bicyclic) bond motifs is 1. The molecule has 0 aromatic carbocycles. The minimum absolute atomic E-state index is 0.239. The number of amides is 1. The van der Waals surface area contributed by atoms with Gasteiger partial charge >= 0.3 is 0 Å². The number of aromatic nitrogens is 1. The number of halogens is 1. The molecule has 2 rings (SSSR count). The molecule has 62 valence electrons. The summed E-state index contributed by atoms with van der Waals surface area (Å²) in [7, 11) is 0. The Kier molecular flexibility index (Phi) is 1.36. The molecule has 0 saturated carbocycles. The summed E-state index contributed by atoms with van der Waals surface area (Å²) in [5.41, 5.74) is 1.34. The number of hydrogen-bond acceptors (Lipinski definition) is 2. The van der Waals surface area contributed by atoms with E-state index in [1.807, 2.05) is 0 Å². The quantitative estimate of drug-likeness (QED) is 0.618. The van der Waals surface area contributed by atoms with Crippen molar-refractivity contribution in [2.45, 2.75) is 13.5 Å². The molecule has 1 N–H and O–H groups in total. The molecule has 1 aromatic rings. The summed E-state index contributed by atoms with van der Waals surface area (Å²) in [5.74, 6) is -0.665. The first-order chi connectivity index (χ1) is 5.68. The van der Waals surface area contributed by atoms with Gasteiger partial charge in [-0.2, -0.15) is 0 Å². The van der Waals surface area contributed by atoms with E-state index in [0.717, 1.165) is 0 Å². The van der Waals surface area contributed by atoms with Crippen molar-refractivity contribution in [3.05, 3.63) is 28.8 Å². The highest BCUT2D eigenvalue weighted by Gasteiger charge is 2.21. The second-order valence-corrected chi connectivity index (χ2v) is 2.73. The first kappa shape index (κ1) is 7.21. The fraction of sp³-hybridized carbons (Fsp3) is 0.250. The lowest BCUT2D eigenvalue weighted by molar-refractivity contribution is 0.0965. The van der Waals surface area contributed by atoms with Gasteiger partial charge in [-0.3, -0.25) is 9.78 Å². The van der Waals surface area contributed by atoms with E-state index in [2.05, 4.69) is 10.3 Å².